The van der Waals surface area contributed by atoms with Crippen molar-refractivity contribution in [2.24, 2.45) is 0 Å². The number of hydrogen-bond acceptors (Lipinski definition) is 4. The van der Waals surface area contributed by atoms with Crippen molar-refractivity contribution in [2.45, 2.75) is 52.8 Å². The van der Waals surface area contributed by atoms with Gasteiger partial charge in [0.15, 0.2) is 11.3 Å². The molecule has 184 valence electrons. The van der Waals surface area contributed by atoms with Gasteiger partial charge in [0.25, 0.3) is 5.91 Å². The molecule has 7 nitrogen and oxygen atoms in total. The maximum Gasteiger partial charge on any atom is 0.433 e. The van der Waals surface area contributed by atoms with Gasteiger partial charge in [0, 0.05) is 17.0 Å². The van der Waals surface area contributed by atoms with Crippen LogP contribution in [-0.2, 0) is 18.1 Å². The van der Waals surface area contributed by atoms with Gasteiger partial charge < -0.3 is 5.32 Å². The number of fused-ring (bicyclic) bond motifs is 1. The zero-order chi connectivity index (χ0) is 25.7. The first kappa shape index (κ1) is 24.4. The maximum atomic E-state index is 14.1. The van der Waals surface area contributed by atoms with Crippen molar-refractivity contribution in [1.29, 1.82) is 0 Å². The molecule has 3 aromatic heterocycles. The summed E-state index contributed by atoms with van der Waals surface area (Å²) >= 11 is 0. The minimum atomic E-state index is -4.69. The Bertz CT molecular complexity index is 1430. The van der Waals surface area contributed by atoms with Crippen molar-refractivity contribution in [3.63, 3.8) is 0 Å². The summed E-state index contributed by atoms with van der Waals surface area (Å²) in [5.41, 5.74) is 0.0943. The monoisotopic (exact) mass is 488 g/mol. The number of carbonyl (C=O) groups excluding carboxylic acids is 1. The van der Waals surface area contributed by atoms with Crippen molar-refractivity contribution in [3.8, 4) is 0 Å². The molecule has 0 aliphatic carbocycles. The summed E-state index contributed by atoms with van der Waals surface area (Å²) in [7, 11) is 0. The molecule has 4 rings (SSSR count). The Morgan fingerprint density at radius 3 is 2.37 bits per heavy atom. The molecule has 0 unspecified atom stereocenters. The molecule has 1 aromatic carbocycles. The van der Waals surface area contributed by atoms with Crippen molar-refractivity contribution in [2.75, 3.05) is 5.32 Å². The number of rotatable bonds is 4. The molecular weight excluding hydrogens is 464 g/mol. The van der Waals surface area contributed by atoms with Gasteiger partial charge >= 0.3 is 6.18 Å². The fourth-order valence-electron chi connectivity index (χ4n) is 3.67. The maximum absolute atomic E-state index is 14.1. The molecule has 0 aliphatic rings. The second-order valence-electron chi connectivity index (χ2n) is 9.32. The van der Waals surface area contributed by atoms with Crippen LogP contribution in [0.5, 0.6) is 0 Å². The molecule has 1 N–H and O–H groups in total. The van der Waals surface area contributed by atoms with Gasteiger partial charge in [-0.1, -0.05) is 39.0 Å². The quantitative estimate of drug-likeness (QED) is 0.396. The highest BCUT2D eigenvalue weighted by Gasteiger charge is 2.36. The summed E-state index contributed by atoms with van der Waals surface area (Å²) < 4.78 is 57.4. The van der Waals surface area contributed by atoms with Gasteiger partial charge in [-0.25, -0.2) is 13.9 Å². The second-order valence-corrected chi connectivity index (χ2v) is 9.32. The van der Waals surface area contributed by atoms with Gasteiger partial charge in [-0.05, 0) is 26.0 Å². The molecular formula is C24H24F4N6O. The number of alkyl halides is 3. The van der Waals surface area contributed by atoms with E-state index in [-0.39, 0.29) is 29.4 Å². The molecule has 4 aromatic rings. The molecule has 0 bridgehead atoms. The average molecular weight is 488 g/mol. The molecule has 0 saturated heterocycles. The zero-order valence-electron chi connectivity index (χ0n) is 19.8. The molecule has 35 heavy (non-hydrogen) atoms. The summed E-state index contributed by atoms with van der Waals surface area (Å²) in [5.74, 6) is -1.09. The number of nitrogens with one attached hydrogen (secondary N) is 1. The lowest BCUT2D eigenvalue weighted by molar-refractivity contribution is -0.142. The summed E-state index contributed by atoms with van der Waals surface area (Å²) in [5, 5.41) is 10.9. The third-order valence-corrected chi connectivity index (χ3v) is 5.62. The van der Waals surface area contributed by atoms with Crippen LogP contribution in [0.4, 0.5) is 23.2 Å². The summed E-state index contributed by atoms with van der Waals surface area (Å²) in [4.78, 5) is 17.3. The fourth-order valence-corrected chi connectivity index (χ4v) is 3.67. The van der Waals surface area contributed by atoms with E-state index < -0.39 is 23.2 Å². The summed E-state index contributed by atoms with van der Waals surface area (Å²) in [6.07, 6.45) is -4.69. The van der Waals surface area contributed by atoms with Gasteiger partial charge in [-0.2, -0.15) is 23.4 Å². The van der Waals surface area contributed by atoms with Crippen molar-refractivity contribution in [3.05, 3.63) is 76.2 Å². The lowest BCUT2D eigenvalue weighted by Gasteiger charge is -2.19. The summed E-state index contributed by atoms with van der Waals surface area (Å²) in [6.45, 7) is 8.78. The van der Waals surface area contributed by atoms with E-state index in [1.165, 1.54) is 12.1 Å². The van der Waals surface area contributed by atoms with Gasteiger partial charge in [0.1, 0.15) is 11.5 Å². The Morgan fingerprint density at radius 2 is 1.74 bits per heavy atom. The number of hydrogen-bond donors (Lipinski definition) is 1. The van der Waals surface area contributed by atoms with Crippen LogP contribution in [0.1, 0.15) is 59.6 Å². The lowest BCUT2D eigenvalue weighted by atomic mass is 9.91. The van der Waals surface area contributed by atoms with E-state index in [0.717, 1.165) is 6.07 Å². The third-order valence-electron chi connectivity index (χ3n) is 5.62. The Labute approximate surface area is 198 Å². The molecule has 3 heterocycles. The van der Waals surface area contributed by atoms with E-state index in [4.69, 9.17) is 0 Å². The highest BCUT2D eigenvalue weighted by atomic mass is 19.4. The molecule has 0 saturated carbocycles. The molecule has 1 amide bonds. The van der Waals surface area contributed by atoms with Crippen molar-refractivity contribution >= 4 is 17.2 Å². The van der Waals surface area contributed by atoms with Crippen LogP contribution in [0.25, 0.3) is 5.65 Å². The van der Waals surface area contributed by atoms with Crippen LogP contribution in [0.3, 0.4) is 0 Å². The number of aromatic nitrogens is 5. The van der Waals surface area contributed by atoms with Crippen LogP contribution in [0.15, 0.2) is 36.4 Å². The van der Waals surface area contributed by atoms with Crippen LogP contribution in [0.2, 0.25) is 0 Å². The van der Waals surface area contributed by atoms with Gasteiger partial charge in [-0.3, -0.25) is 9.48 Å². The Balaban J connectivity index is 1.68. The summed E-state index contributed by atoms with van der Waals surface area (Å²) in [6, 6.07) is 8.45. The third kappa shape index (κ3) is 4.75. The minimum Gasteiger partial charge on any atom is -0.317 e. The highest BCUT2D eigenvalue weighted by Crippen LogP contribution is 2.33. The SMILES string of the molecule is Cc1nn(Cc2ccccc2F)c(C)c1NC(=O)c1cc2nc(C(C)(C)C)cc(C(F)(F)F)n2n1. The number of carbonyl (C=O) groups is 1. The van der Waals surface area contributed by atoms with Crippen LogP contribution < -0.4 is 5.32 Å². The predicted molar refractivity (Wildman–Crippen MR) is 122 cm³/mol. The first-order chi connectivity index (χ1) is 16.3. The number of amides is 1. The first-order valence-corrected chi connectivity index (χ1v) is 10.8. The first-order valence-electron chi connectivity index (χ1n) is 10.8. The topological polar surface area (TPSA) is 77.1 Å². The zero-order valence-corrected chi connectivity index (χ0v) is 19.8. The largest absolute Gasteiger partial charge is 0.433 e. The second kappa shape index (κ2) is 8.47. The molecule has 11 heteroatoms. The van der Waals surface area contributed by atoms with E-state index in [0.29, 0.717) is 27.2 Å². The van der Waals surface area contributed by atoms with E-state index in [1.807, 2.05) is 0 Å². The Morgan fingerprint density at radius 1 is 1.06 bits per heavy atom. The number of aryl methyl sites for hydroxylation is 1. The standard InChI is InChI=1S/C24H24F4N6O/c1-13-21(14(2)33(31-13)12-15-8-6-7-9-16(15)25)30-22(35)17-10-20-29-18(23(3,4)5)11-19(24(26,27)28)34(20)32-17/h6-11H,12H2,1-5H3,(H,30,35). The lowest BCUT2D eigenvalue weighted by Crippen LogP contribution is -2.20. The van der Waals surface area contributed by atoms with E-state index in [9.17, 15) is 22.4 Å². The molecule has 0 spiro atoms. The molecule has 0 fully saturated rings. The van der Waals surface area contributed by atoms with Gasteiger partial charge in [-0.15, -0.1) is 0 Å². The normalized spacial score (nSPS) is 12.4. The molecule has 0 atom stereocenters. The average Bonchev–Trinajstić information content (AvgIpc) is 3.30. The van der Waals surface area contributed by atoms with Crippen molar-refractivity contribution < 1.29 is 22.4 Å². The van der Waals surface area contributed by atoms with E-state index in [1.54, 1.807) is 57.5 Å². The van der Waals surface area contributed by atoms with Gasteiger partial charge in [0.2, 0.25) is 0 Å². The Kier molecular flexibility index (Phi) is 5.90. The van der Waals surface area contributed by atoms with Crippen LogP contribution in [-0.4, -0.2) is 30.3 Å². The number of nitrogens with zero attached hydrogens (tertiary/aromatic N) is 5. The van der Waals surface area contributed by atoms with E-state index in [2.05, 4.69) is 20.5 Å². The van der Waals surface area contributed by atoms with Gasteiger partial charge in [0.05, 0.1) is 29.3 Å². The predicted octanol–water partition coefficient (Wildman–Crippen LogP) is 5.30. The highest BCUT2D eigenvalue weighted by molar-refractivity contribution is 6.04. The van der Waals surface area contributed by atoms with Crippen LogP contribution in [0, 0.1) is 19.7 Å². The fraction of sp³-hybridized carbons (Fsp3) is 0.333. The van der Waals surface area contributed by atoms with Crippen LogP contribution >= 0.6 is 0 Å². The number of benzene rings is 1. The Hall–Kier alpha value is -3.76. The number of anilines is 1. The minimum absolute atomic E-state index is 0.0846. The number of halogens is 4. The molecule has 0 aliphatic heterocycles. The smallest absolute Gasteiger partial charge is 0.317 e. The van der Waals surface area contributed by atoms with Crippen molar-refractivity contribution in [1.82, 2.24) is 24.4 Å². The molecule has 0 radical (unpaired) electrons. The van der Waals surface area contributed by atoms with E-state index >= 15 is 0 Å².